The highest BCUT2D eigenvalue weighted by Gasteiger charge is 2.40. The molecule has 1 heterocycles. The second-order valence-corrected chi connectivity index (χ2v) is 4.12. The van der Waals surface area contributed by atoms with Gasteiger partial charge in [-0.15, -0.1) is 0 Å². The van der Waals surface area contributed by atoms with Crippen LogP contribution in [-0.2, 0) is 16.5 Å². The smallest absolute Gasteiger partial charge is 0.377 e. The van der Waals surface area contributed by atoms with Gasteiger partial charge in [-0.1, -0.05) is 12.1 Å². The van der Waals surface area contributed by atoms with Gasteiger partial charge in [0.1, 0.15) is 0 Å². The predicted octanol–water partition coefficient (Wildman–Crippen LogP) is 2.20. The molecule has 1 fully saturated rings. The van der Waals surface area contributed by atoms with Gasteiger partial charge in [0, 0.05) is 0 Å². The van der Waals surface area contributed by atoms with Crippen molar-refractivity contribution in [3.63, 3.8) is 0 Å². The van der Waals surface area contributed by atoms with E-state index in [0.29, 0.717) is 5.56 Å². The lowest BCUT2D eigenvalue weighted by atomic mass is 9.84. The number of hydrogen-bond acceptors (Lipinski definition) is 2. The van der Waals surface area contributed by atoms with Crippen molar-refractivity contribution in [3.8, 4) is 0 Å². The summed E-state index contributed by atoms with van der Waals surface area (Å²) in [6, 6.07) is 4.09. The van der Waals surface area contributed by atoms with Gasteiger partial charge < -0.3 is 10.5 Å². The van der Waals surface area contributed by atoms with Gasteiger partial charge in [-0.05, 0) is 24.1 Å². The third-order valence-corrected chi connectivity index (χ3v) is 2.89. The summed E-state index contributed by atoms with van der Waals surface area (Å²) in [5.74, 6) is 0. The van der Waals surface area contributed by atoms with Crippen LogP contribution in [0.25, 0.3) is 0 Å². The summed E-state index contributed by atoms with van der Waals surface area (Å²) < 4.78 is 43.0. The number of ether oxygens (including phenoxy) is 1. The normalized spacial score (nSPS) is 19.3. The van der Waals surface area contributed by atoms with E-state index < -0.39 is 17.3 Å². The summed E-state index contributed by atoms with van der Waals surface area (Å²) >= 11 is 0. The molecule has 0 amide bonds. The third-order valence-electron chi connectivity index (χ3n) is 2.89. The summed E-state index contributed by atoms with van der Waals surface area (Å²) in [6.07, 6.45) is -4.33. The average molecular weight is 231 g/mol. The zero-order chi connectivity index (χ0) is 12.0. The number of alkyl halides is 3. The van der Waals surface area contributed by atoms with Gasteiger partial charge >= 0.3 is 6.18 Å². The molecule has 88 valence electrons. The first-order valence-corrected chi connectivity index (χ1v) is 4.88. The largest absolute Gasteiger partial charge is 0.416 e. The molecule has 0 saturated carbocycles. The maximum Gasteiger partial charge on any atom is 0.416 e. The standard InChI is InChI=1S/C11H12F3NO/c1-7-8(10(15)5-16-6-10)3-2-4-9(7)11(12,13)14/h2-4H,5-6,15H2,1H3. The van der Waals surface area contributed by atoms with Crippen LogP contribution in [0, 0.1) is 6.92 Å². The van der Waals surface area contributed by atoms with E-state index in [4.69, 9.17) is 10.5 Å². The lowest BCUT2D eigenvalue weighted by molar-refractivity contribution is -0.138. The summed E-state index contributed by atoms with van der Waals surface area (Å²) in [5.41, 5.74) is 5.28. The highest BCUT2D eigenvalue weighted by molar-refractivity contribution is 5.41. The minimum atomic E-state index is -4.33. The molecule has 0 spiro atoms. The van der Waals surface area contributed by atoms with Crippen molar-refractivity contribution in [2.45, 2.75) is 18.6 Å². The Hall–Kier alpha value is -1.07. The number of rotatable bonds is 1. The van der Waals surface area contributed by atoms with Crippen LogP contribution in [0.2, 0.25) is 0 Å². The monoisotopic (exact) mass is 231 g/mol. The molecule has 1 saturated heterocycles. The number of nitrogens with two attached hydrogens (primary N) is 1. The van der Waals surface area contributed by atoms with Gasteiger partial charge in [0.15, 0.2) is 0 Å². The Balaban J connectivity index is 2.49. The van der Waals surface area contributed by atoms with Crippen LogP contribution >= 0.6 is 0 Å². The summed E-state index contributed by atoms with van der Waals surface area (Å²) in [7, 11) is 0. The van der Waals surface area contributed by atoms with Gasteiger partial charge in [0.05, 0.1) is 24.3 Å². The molecule has 0 aliphatic carbocycles. The Bertz CT molecular complexity index is 410. The summed E-state index contributed by atoms with van der Waals surface area (Å²) in [5, 5.41) is 0. The molecular weight excluding hydrogens is 219 g/mol. The van der Waals surface area contributed by atoms with Crippen molar-refractivity contribution >= 4 is 0 Å². The Kier molecular flexibility index (Phi) is 2.47. The van der Waals surface area contributed by atoms with Crippen LogP contribution in [0.5, 0.6) is 0 Å². The molecule has 0 bridgehead atoms. The number of hydrogen-bond donors (Lipinski definition) is 1. The van der Waals surface area contributed by atoms with Crippen LogP contribution in [-0.4, -0.2) is 13.2 Å². The molecule has 0 radical (unpaired) electrons. The minimum absolute atomic E-state index is 0.195. The fourth-order valence-corrected chi connectivity index (χ4v) is 1.96. The van der Waals surface area contributed by atoms with E-state index >= 15 is 0 Å². The van der Waals surface area contributed by atoms with E-state index in [9.17, 15) is 13.2 Å². The van der Waals surface area contributed by atoms with Crippen molar-refractivity contribution < 1.29 is 17.9 Å². The summed E-state index contributed by atoms with van der Waals surface area (Å²) in [4.78, 5) is 0. The SMILES string of the molecule is Cc1c(C(F)(F)F)cccc1C1(N)COC1. The molecule has 1 aliphatic rings. The van der Waals surface area contributed by atoms with Gasteiger partial charge in [0.25, 0.3) is 0 Å². The minimum Gasteiger partial charge on any atom is -0.377 e. The average Bonchev–Trinajstić information content (AvgIpc) is 2.13. The third kappa shape index (κ3) is 1.70. The van der Waals surface area contributed by atoms with Crippen molar-refractivity contribution in [2.75, 3.05) is 13.2 Å². The lowest BCUT2D eigenvalue weighted by Gasteiger charge is -2.39. The first-order valence-electron chi connectivity index (χ1n) is 4.88. The van der Waals surface area contributed by atoms with Gasteiger partial charge in [-0.25, -0.2) is 0 Å². The Morgan fingerprint density at radius 3 is 2.38 bits per heavy atom. The molecule has 1 aromatic rings. The predicted molar refractivity (Wildman–Crippen MR) is 52.9 cm³/mol. The first kappa shape index (κ1) is 11.4. The van der Waals surface area contributed by atoms with E-state index in [1.165, 1.54) is 13.0 Å². The van der Waals surface area contributed by atoms with Crippen LogP contribution in [0.4, 0.5) is 13.2 Å². The second kappa shape index (κ2) is 3.46. The van der Waals surface area contributed by atoms with Gasteiger partial charge in [-0.2, -0.15) is 13.2 Å². The van der Waals surface area contributed by atoms with Crippen LogP contribution in [0.1, 0.15) is 16.7 Å². The zero-order valence-corrected chi connectivity index (χ0v) is 8.77. The van der Waals surface area contributed by atoms with Crippen molar-refractivity contribution in [1.29, 1.82) is 0 Å². The molecule has 1 aliphatic heterocycles. The van der Waals surface area contributed by atoms with Crippen molar-refractivity contribution in [2.24, 2.45) is 5.73 Å². The van der Waals surface area contributed by atoms with Crippen LogP contribution in [0.15, 0.2) is 18.2 Å². The fourth-order valence-electron chi connectivity index (χ4n) is 1.96. The molecule has 1 aromatic carbocycles. The molecule has 2 N–H and O–H groups in total. The van der Waals surface area contributed by atoms with Crippen LogP contribution in [0.3, 0.4) is 0 Å². The molecule has 16 heavy (non-hydrogen) atoms. The topological polar surface area (TPSA) is 35.2 Å². The van der Waals surface area contributed by atoms with E-state index in [-0.39, 0.29) is 18.8 Å². The maximum atomic E-state index is 12.7. The highest BCUT2D eigenvalue weighted by Crippen LogP contribution is 2.37. The van der Waals surface area contributed by atoms with E-state index in [2.05, 4.69) is 0 Å². The number of benzene rings is 1. The summed E-state index contributed by atoms with van der Waals surface area (Å²) in [6.45, 7) is 2.00. The Morgan fingerprint density at radius 1 is 1.31 bits per heavy atom. The molecule has 2 nitrogen and oxygen atoms in total. The maximum absolute atomic E-state index is 12.7. The van der Waals surface area contributed by atoms with Crippen LogP contribution < -0.4 is 5.73 Å². The van der Waals surface area contributed by atoms with Gasteiger partial charge in [-0.3, -0.25) is 0 Å². The molecule has 0 unspecified atom stereocenters. The second-order valence-electron chi connectivity index (χ2n) is 4.12. The Morgan fingerprint density at radius 2 is 1.94 bits per heavy atom. The van der Waals surface area contributed by atoms with E-state index in [1.54, 1.807) is 6.07 Å². The Labute approximate surface area is 91.2 Å². The highest BCUT2D eigenvalue weighted by atomic mass is 19.4. The van der Waals surface area contributed by atoms with Crippen molar-refractivity contribution in [1.82, 2.24) is 0 Å². The molecule has 5 heteroatoms. The van der Waals surface area contributed by atoms with E-state index in [1.807, 2.05) is 0 Å². The molecular formula is C11H12F3NO. The lowest BCUT2D eigenvalue weighted by Crippen LogP contribution is -2.54. The quantitative estimate of drug-likeness (QED) is 0.804. The first-order chi connectivity index (χ1) is 7.34. The number of halogens is 3. The van der Waals surface area contributed by atoms with E-state index in [0.717, 1.165) is 6.07 Å². The molecule has 0 atom stereocenters. The van der Waals surface area contributed by atoms with Gasteiger partial charge in [0.2, 0.25) is 0 Å². The molecule has 0 aromatic heterocycles. The molecule has 2 rings (SSSR count). The zero-order valence-electron chi connectivity index (χ0n) is 8.77. The fraction of sp³-hybridized carbons (Fsp3) is 0.455. The van der Waals surface area contributed by atoms with Crippen molar-refractivity contribution in [3.05, 3.63) is 34.9 Å².